The number of aryl methyl sites for hydroxylation is 1. The highest BCUT2D eigenvalue weighted by molar-refractivity contribution is 6.31. The van der Waals surface area contributed by atoms with E-state index in [1.165, 1.54) is 0 Å². The first-order valence-corrected chi connectivity index (χ1v) is 6.18. The van der Waals surface area contributed by atoms with Crippen LogP contribution >= 0.6 is 11.6 Å². The molecule has 1 saturated heterocycles. The van der Waals surface area contributed by atoms with Crippen LogP contribution < -0.4 is 0 Å². The highest BCUT2D eigenvalue weighted by Crippen LogP contribution is 2.32. The maximum absolute atomic E-state index is 9.75. The normalized spacial score (nSPS) is 29.3. The minimum absolute atomic E-state index is 0.0554. The molecule has 0 aliphatic carbocycles. The first-order valence-electron chi connectivity index (χ1n) is 5.80. The van der Waals surface area contributed by atoms with E-state index < -0.39 is 6.10 Å². The van der Waals surface area contributed by atoms with Gasteiger partial charge in [-0.3, -0.25) is 0 Å². The minimum atomic E-state index is -0.415. The molecule has 0 saturated carbocycles. The van der Waals surface area contributed by atoms with E-state index in [2.05, 4.69) is 0 Å². The molecular formula is C13H17ClO3. The summed E-state index contributed by atoms with van der Waals surface area (Å²) in [6.07, 6.45) is 0.213. The van der Waals surface area contributed by atoms with Crippen molar-refractivity contribution in [1.29, 1.82) is 0 Å². The third-order valence-electron chi connectivity index (χ3n) is 3.14. The van der Waals surface area contributed by atoms with Gasteiger partial charge < -0.3 is 14.9 Å². The summed E-state index contributed by atoms with van der Waals surface area (Å²) < 4.78 is 5.73. The lowest BCUT2D eigenvalue weighted by atomic mass is 9.95. The Bertz CT molecular complexity index is 394. The third kappa shape index (κ3) is 2.99. The second-order valence-corrected chi connectivity index (χ2v) is 4.97. The van der Waals surface area contributed by atoms with Gasteiger partial charge in [0.1, 0.15) is 0 Å². The summed E-state index contributed by atoms with van der Waals surface area (Å²) in [5.74, 6) is 0. The van der Waals surface area contributed by atoms with Crippen molar-refractivity contribution < 1.29 is 14.9 Å². The van der Waals surface area contributed by atoms with Gasteiger partial charge in [0.05, 0.1) is 24.9 Å². The van der Waals surface area contributed by atoms with Crippen LogP contribution in [0.25, 0.3) is 0 Å². The van der Waals surface area contributed by atoms with Gasteiger partial charge in [-0.25, -0.2) is 0 Å². The van der Waals surface area contributed by atoms with Crippen LogP contribution in [-0.4, -0.2) is 29.0 Å². The smallest absolute Gasteiger partial charge is 0.0854 e. The molecule has 1 aliphatic heterocycles. The van der Waals surface area contributed by atoms with E-state index in [9.17, 15) is 5.11 Å². The Morgan fingerprint density at radius 2 is 2.18 bits per heavy atom. The van der Waals surface area contributed by atoms with E-state index in [-0.39, 0.29) is 18.8 Å². The Balaban J connectivity index is 2.17. The summed E-state index contributed by atoms with van der Waals surface area (Å²) in [5.41, 5.74) is 2.00. The number of hydrogen-bond acceptors (Lipinski definition) is 3. The van der Waals surface area contributed by atoms with E-state index in [0.717, 1.165) is 16.1 Å². The third-order valence-corrected chi connectivity index (χ3v) is 3.56. The molecule has 3 nitrogen and oxygen atoms in total. The Hall–Kier alpha value is -0.610. The number of halogens is 1. The molecule has 0 aromatic heterocycles. The Morgan fingerprint density at radius 1 is 1.41 bits per heavy atom. The molecule has 1 fully saturated rings. The molecule has 1 aromatic carbocycles. The molecule has 1 unspecified atom stereocenters. The molecule has 1 aliphatic rings. The minimum Gasteiger partial charge on any atom is -0.394 e. The Kier molecular flexibility index (Phi) is 4.05. The van der Waals surface area contributed by atoms with Crippen LogP contribution in [-0.2, 0) is 4.74 Å². The molecule has 0 bridgehead atoms. The highest BCUT2D eigenvalue weighted by Gasteiger charge is 2.28. The zero-order valence-electron chi connectivity index (χ0n) is 9.77. The van der Waals surface area contributed by atoms with Crippen molar-refractivity contribution in [2.24, 2.45) is 0 Å². The number of hydrogen-bond donors (Lipinski definition) is 2. The van der Waals surface area contributed by atoms with E-state index in [4.69, 9.17) is 21.4 Å². The standard InChI is InChI=1S/C13H17ClO3/c1-8-4-9(2-3-12(8)14)13-6-10(16)5-11(7-15)17-13/h2-4,10-11,13,15-16H,5-7H2,1H3/t10?,11-,13+/m0/s1. The average Bonchev–Trinajstić information content (AvgIpc) is 2.32. The fraction of sp³-hybridized carbons (Fsp3) is 0.538. The van der Waals surface area contributed by atoms with E-state index in [1.807, 2.05) is 25.1 Å². The van der Waals surface area contributed by atoms with Crippen molar-refractivity contribution in [2.75, 3.05) is 6.61 Å². The van der Waals surface area contributed by atoms with Gasteiger partial charge >= 0.3 is 0 Å². The quantitative estimate of drug-likeness (QED) is 0.853. The highest BCUT2D eigenvalue weighted by atomic mass is 35.5. The van der Waals surface area contributed by atoms with Gasteiger partial charge in [0.25, 0.3) is 0 Å². The maximum atomic E-state index is 9.75. The van der Waals surface area contributed by atoms with Crippen LogP contribution in [0, 0.1) is 6.92 Å². The predicted octanol–water partition coefficient (Wildman–Crippen LogP) is 2.22. The zero-order chi connectivity index (χ0) is 12.4. The van der Waals surface area contributed by atoms with Crippen molar-refractivity contribution in [3.05, 3.63) is 34.3 Å². The molecule has 0 radical (unpaired) electrons. The van der Waals surface area contributed by atoms with E-state index in [1.54, 1.807) is 0 Å². The van der Waals surface area contributed by atoms with Crippen LogP contribution in [0.15, 0.2) is 18.2 Å². The summed E-state index contributed by atoms with van der Waals surface area (Å²) >= 11 is 5.97. The van der Waals surface area contributed by atoms with Gasteiger partial charge in [0.2, 0.25) is 0 Å². The molecule has 4 heteroatoms. The van der Waals surface area contributed by atoms with Gasteiger partial charge in [0, 0.05) is 17.9 Å². The number of benzene rings is 1. The van der Waals surface area contributed by atoms with Crippen LogP contribution in [0.2, 0.25) is 5.02 Å². The molecule has 2 rings (SSSR count). The lowest BCUT2D eigenvalue weighted by Crippen LogP contribution is -2.33. The lowest BCUT2D eigenvalue weighted by Gasteiger charge is -2.32. The fourth-order valence-corrected chi connectivity index (χ4v) is 2.31. The molecule has 0 spiro atoms. The second kappa shape index (κ2) is 5.36. The van der Waals surface area contributed by atoms with Gasteiger partial charge in [-0.2, -0.15) is 0 Å². The molecule has 3 atom stereocenters. The molecule has 17 heavy (non-hydrogen) atoms. The summed E-state index contributed by atoms with van der Waals surface area (Å²) in [7, 11) is 0. The van der Waals surface area contributed by atoms with Crippen molar-refractivity contribution in [3.8, 4) is 0 Å². The van der Waals surface area contributed by atoms with Gasteiger partial charge in [-0.15, -0.1) is 0 Å². The zero-order valence-corrected chi connectivity index (χ0v) is 10.5. The SMILES string of the molecule is Cc1cc([C@H]2CC(O)C[C@@H](CO)O2)ccc1Cl. The van der Waals surface area contributed by atoms with Crippen LogP contribution in [0.1, 0.15) is 30.1 Å². The lowest BCUT2D eigenvalue weighted by molar-refractivity contribution is -0.113. The molecule has 1 heterocycles. The fourth-order valence-electron chi connectivity index (χ4n) is 2.19. The summed E-state index contributed by atoms with van der Waals surface area (Å²) in [5, 5.41) is 19.6. The van der Waals surface area contributed by atoms with Crippen molar-refractivity contribution >= 4 is 11.6 Å². The molecular weight excluding hydrogens is 240 g/mol. The van der Waals surface area contributed by atoms with E-state index >= 15 is 0 Å². The summed E-state index contributed by atoms with van der Waals surface area (Å²) in [6.45, 7) is 1.88. The number of rotatable bonds is 2. The van der Waals surface area contributed by atoms with Crippen molar-refractivity contribution in [1.82, 2.24) is 0 Å². The van der Waals surface area contributed by atoms with Crippen molar-refractivity contribution in [3.63, 3.8) is 0 Å². The second-order valence-electron chi connectivity index (χ2n) is 4.56. The molecule has 2 N–H and O–H groups in total. The maximum Gasteiger partial charge on any atom is 0.0854 e. The summed E-state index contributed by atoms with van der Waals surface area (Å²) in [6, 6.07) is 5.72. The molecule has 1 aromatic rings. The predicted molar refractivity (Wildman–Crippen MR) is 66.1 cm³/mol. The van der Waals surface area contributed by atoms with Gasteiger partial charge in [0.15, 0.2) is 0 Å². The average molecular weight is 257 g/mol. The first-order chi connectivity index (χ1) is 8.10. The van der Waals surface area contributed by atoms with Crippen molar-refractivity contribution in [2.45, 2.75) is 38.1 Å². The number of ether oxygens (including phenoxy) is 1. The number of aliphatic hydroxyl groups excluding tert-OH is 2. The number of aliphatic hydroxyl groups is 2. The van der Waals surface area contributed by atoms with Gasteiger partial charge in [-0.1, -0.05) is 23.7 Å². The molecule has 0 amide bonds. The van der Waals surface area contributed by atoms with E-state index in [0.29, 0.717) is 12.8 Å². The van der Waals surface area contributed by atoms with Gasteiger partial charge in [-0.05, 0) is 24.1 Å². The summed E-state index contributed by atoms with van der Waals surface area (Å²) in [4.78, 5) is 0. The van der Waals surface area contributed by atoms with Crippen LogP contribution in [0.3, 0.4) is 0 Å². The van der Waals surface area contributed by atoms with Crippen LogP contribution in [0.4, 0.5) is 0 Å². The largest absolute Gasteiger partial charge is 0.394 e. The Labute approximate surface area is 106 Å². The molecule has 94 valence electrons. The van der Waals surface area contributed by atoms with Crippen LogP contribution in [0.5, 0.6) is 0 Å². The topological polar surface area (TPSA) is 49.7 Å². The monoisotopic (exact) mass is 256 g/mol. The first kappa shape index (κ1) is 12.8. The Morgan fingerprint density at radius 3 is 2.82 bits per heavy atom.